The van der Waals surface area contributed by atoms with Gasteiger partial charge in [0.2, 0.25) is 0 Å². The number of β-amino-alcohol motifs (C(OH)–C–C–N with tert-alkyl or cyclic N) is 1. The Kier molecular flexibility index (Phi) is 7.05. The van der Waals surface area contributed by atoms with Crippen LogP contribution in [0, 0.1) is 0 Å². The summed E-state index contributed by atoms with van der Waals surface area (Å²) in [7, 11) is 3.74. The minimum absolute atomic E-state index is 0.0559. The largest absolute Gasteiger partial charge is 0.497 e. The number of ether oxygens (including phenoxy) is 1. The molecule has 0 spiro atoms. The van der Waals surface area contributed by atoms with Gasteiger partial charge in [0.15, 0.2) is 5.78 Å². The number of allylic oxidation sites excluding steroid dienone is 1. The first kappa shape index (κ1) is 22.3. The molecule has 6 nitrogen and oxygen atoms in total. The summed E-state index contributed by atoms with van der Waals surface area (Å²) >= 11 is 0. The number of fused-ring (bicyclic) bond motifs is 1. The monoisotopic (exact) mass is 433 g/mol. The summed E-state index contributed by atoms with van der Waals surface area (Å²) in [4.78, 5) is 17.2. The molecular formula is C26H31N3O3. The molecule has 1 aliphatic heterocycles. The average molecular weight is 434 g/mol. The fourth-order valence-electron chi connectivity index (χ4n) is 4.19. The second-order valence-electron chi connectivity index (χ2n) is 8.44. The van der Waals surface area contributed by atoms with Gasteiger partial charge in [-0.1, -0.05) is 18.2 Å². The summed E-state index contributed by atoms with van der Waals surface area (Å²) in [6, 6.07) is 15.2. The van der Waals surface area contributed by atoms with Crippen molar-refractivity contribution in [1.82, 2.24) is 14.4 Å². The fraction of sp³-hybridized carbons (Fsp3) is 0.346. The first-order valence-corrected chi connectivity index (χ1v) is 11.1. The van der Waals surface area contributed by atoms with Gasteiger partial charge in [0.05, 0.1) is 13.2 Å². The quantitative estimate of drug-likeness (QED) is 0.437. The van der Waals surface area contributed by atoms with E-state index in [4.69, 9.17) is 4.74 Å². The van der Waals surface area contributed by atoms with Crippen LogP contribution in [0.3, 0.4) is 0 Å². The van der Waals surface area contributed by atoms with Crippen molar-refractivity contribution >= 4 is 22.8 Å². The van der Waals surface area contributed by atoms with E-state index < -0.39 is 6.10 Å². The van der Waals surface area contributed by atoms with Gasteiger partial charge in [-0.05, 0) is 49.5 Å². The van der Waals surface area contributed by atoms with Crippen LogP contribution in [0.25, 0.3) is 17.0 Å². The lowest BCUT2D eigenvalue weighted by Crippen LogP contribution is -2.47. The number of para-hydroxylation sites is 1. The van der Waals surface area contributed by atoms with Crippen LogP contribution in [0.4, 0.5) is 0 Å². The zero-order valence-electron chi connectivity index (χ0n) is 18.8. The summed E-state index contributed by atoms with van der Waals surface area (Å²) in [6.45, 7) is 5.24. The molecule has 1 atom stereocenters. The molecule has 1 aliphatic rings. The van der Waals surface area contributed by atoms with Gasteiger partial charge in [-0.25, -0.2) is 0 Å². The van der Waals surface area contributed by atoms with Crippen LogP contribution in [0.1, 0.15) is 15.9 Å². The molecule has 0 amide bonds. The smallest absolute Gasteiger partial charge is 0.185 e. The second kappa shape index (κ2) is 10.1. The lowest BCUT2D eigenvalue weighted by molar-refractivity contribution is 0.0717. The number of piperazine rings is 1. The molecule has 0 aliphatic carbocycles. The van der Waals surface area contributed by atoms with Crippen molar-refractivity contribution in [3.63, 3.8) is 0 Å². The van der Waals surface area contributed by atoms with Gasteiger partial charge in [0.25, 0.3) is 0 Å². The Labute approximate surface area is 189 Å². The molecule has 6 heteroatoms. The lowest BCUT2D eigenvalue weighted by atomic mass is 10.1. The number of hydrogen-bond donors (Lipinski definition) is 1. The maximum absolute atomic E-state index is 12.6. The Morgan fingerprint density at radius 3 is 2.50 bits per heavy atom. The normalized spacial score (nSPS) is 16.6. The molecule has 2 heterocycles. The van der Waals surface area contributed by atoms with Crippen LogP contribution in [0.15, 0.2) is 60.8 Å². The van der Waals surface area contributed by atoms with Crippen molar-refractivity contribution in [3.05, 3.63) is 71.9 Å². The van der Waals surface area contributed by atoms with E-state index in [9.17, 15) is 9.90 Å². The van der Waals surface area contributed by atoms with Gasteiger partial charge in [-0.3, -0.25) is 9.69 Å². The number of methoxy groups -OCH3 is 1. The van der Waals surface area contributed by atoms with Gasteiger partial charge in [-0.15, -0.1) is 0 Å². The topological polar surface area (TPSA) is 57.9 Å². The summed E-state index contributed by atoms with van der Waals surface area (Å²) in [5.41, 5.74) is 2.64. The SMILES string of the molecule is COc1ccc(C(=O)/C=C\c2cn(C[C@@H](O)CN3CCN(C)CC3)c3ccccc23)cc1. The molecule has 32 heavy (non-hydrogen) atoms. The third kappa shape index (κ3) is 5.27. The number of ketones is 1. The second-order valence-corrected chi connectivity index (χ2v) is 8.44. The highest BCUT2D eigenvalue weighted by molar-refractivity contribution is 6.07. The van der Waals surface area contributed by atoms with E-state index in [2.05, 4.69) is 33.5 Å². The van der Waals surface area contributed by atoms with Crippen molar-refractivity contribution in [1.29, 1.82) is 0 Å². The Morgan fingerprint density at radius 1 is 1.06 bits per heavy atom. The van der Waals surface area contributed by atoms with Gasteiger partial charge in [0, 0.05) is 67.5 Å². The average Bonchev–Trinajstić information content (AvgIpc) is 3.16. The first-order valence-electron chi connectivity index (χ1n) is 11.1. The molecule has 0 bridgehead atoms. The molecule has 4 rings (SSSR count). The van der Waals surface area contributed by atoms with Crippen LogP contribution < -0.4 is 4.74 Å². The Morgan fingerprint density at radius 2 is 1.78 bits per heavy atom. The van der Waals surface area contributed by atoms with E-state index in [0.717, 1.165) is 48.4 Å². The number of aliphatic hydroxyl groups excluding tert-OH is 1. The molecule has 1 N–H and O–H groups in total. The third-order valence-corrected chi connectivity index (χ3v) is 6.08. The zero-order valence-corrected chi connectivity index (χ0v) is 18.8. The Hall–Kier alpha value is -2.93. The minimum Gasteiger partial charge on any atom is -0.497 e. The number of aliphatic hydroxyl groups is 1. The van der Waals surface area contributed by atoms with Crippen molar-refractivity contribution in [2.24, 2.45) is 0 Å². The highest BCUT2D eigenvalue weighted by atomic mass is 16.5. The van der Waals surface area contributed by atoms with Gasteiger partial charge < -0.3 is 19.3 Å². The summed E-state index contributed by atoms with van der Waals surface area (Å²) in [5, 5.41) is 11.8. The van der Waals surface area contributed by atoms with Crippen molar-refractivity contribution in [3.8, 4) is 5.75 Å². The van der Waals surface area contributed by atoms with E-state index in [0.29, 0.717) is 18.7 Å². The lowest BCUT2D eigenvalue weighted by Gasteiger charge is -2.33. The number of likely N-dealkylation sites (N-methyl/N-ethyl adjacent to an activating group) is 1. The van der Waals surface area contributed by atoms with E-state index in [1.165, 1.54) is 0 Å². The summed E-state index contributed by atoms with van der Waals surface area (Å²) in [6.07, 6.45) is 5.04. The molecule has 0 radical (unpaired) electrons. The van der Waals surface area contributed by atoms with Crippen LogP contribution in [0.2, 0.25) is 0 Å². The van der Waals surface area contributed by atoms with Gasteiger partial charge in [0.1, 0.15) is 5.75 Å². The van der Waals surface area contributed by atoms with Gasteiger partial charge >= 0.3 is 0 Å². The molecule has 2 aromatic carbocycles. The molecule has 3 aromatic rings. The molecule has 1 saturated heterocycles. The molecule has 0 unspecified atom stereocenters. The maximum Gasteiger partial charge on any atom is 0.185 e. The van der Waals surface area contributed by atoms with Crippen LogP contribution in [0.5, 0.6) is 5.75 Å². The van der Waals surface area contributed by atoms with Crippen molar-refractivity contribution in [2.45, 2.75) is 12.6 Å². The standard InChI is InChI=1S/C26H31N3O3/c1-27-13-15-28(16-14-27)18-22(30)19-29-17-21(24-5-3-4-6-25(24)29)9-12-26(31)20-7-10-23(32-2)11-8-20/h3-12,17,22,30H,13-16,18-19H2,1-2H3/b12-9-/t22-/m0/s1. The highest BCUT2D eigenvalue weighted by Gasteiger charge is 2.18. The highest BCUT2D eigenvalue weighted by Crippen LogP contribution is 2.23. The minimum atomic E-state index is -0.452. The number of aromatic nitrogens is 1. The first-order chi connectivity index (χ1) is 15.5. The maximum atomic E-state index is 12.6. The van der Waals surface area contributed by atoms with E-state index in [1.807, 2.05) is 24.4 Å². The van der Waals surface area contributed by atoms with Crippen molar-refractivity contribution < 1.29 is 14.6 Å². The van der Waals surface area contributed by atoms with Crippen LogP contribution >= 0.6 is 0 Å². The Bertz CT molecular complexity index is 1080. The Balaban J connectivity index is 1.48. The summed E-state index contributed by atoms with van der Waals surface area (Å²) < 4.78 is 7.25. The van der Waals surface area contributed by atoms with Crippen LogP contribution in [-0.4, -0.2) is 78.2 Å². The van der Waals surface area contributed by atoms with Gasteiger partial charge in [-0.2, -0.15) is 0 Å². The zero-order chi connectivity index (χ0) is 22.5. The fourth-order valence-corrected chi connectivity index (χ4v) is 4.19. The van der Waals surface area contributed by atoms with E-state index in [-0.39, 0.29) is 5.78 Å². The van der Waals surface area contributed by atoms with Crippen LogP contribution in [-0.2, 0) is 6.54 Å². The van der Waals surface area contributed by atoms with E-state index >= 15 is 0 Å². The molecule has 0 saturated carbocycles. The number of nitrogens with zero attached hydrogens (tertiary/aromatic N) is 3. The van der Waals surface area contributed by atoms with E-state index in [1.54, 1.807) is 37.5 Å². The summed E-state index contributed by atoms with van der Waals surface area (Å²) in [5.74, 6) is 0.670. The predicted octanol–water partition coefficient (Wildman–Crippen LogP) is 3.15. The molecule has 168 valence electrons. The number of carbonyl (C=O) groups is 1. The number of carbonyl (C=O) groups excluding carboxylic acids is 1. The molecular weight excluding hydrogens is 402 g/mol. The number of benzene rings is 2. The molecule has 1 aromatic heterocycles. The third-order valence-electron chi connectivity index (χ3n) is 6.08. The number of rotatable bonds is 8. The number of hydrogen-bond acceptors (Lipinski definition) is 5. The van der Waals surface area contributed by atoms with Crippen molar-refractivity contribution in [2.75, 3.05) is 46.9 Å². The molecule has 1 fully saturated rings. The predicted molar refractivity (Wildman–Crippen MR) is 128 cm³/mol.